The van der Waals surface area contributed by atoms with E-state index < -0.39 is 4.92 Å². The summed E-state index contributed by atoms with van der Waals surface area (Å²) < 4.78 is 15.5. The van der Waals surface area contributed by atoms with Crippen molar-refractivity contribution < 1.29 is 23.9 Å². The molecule has 9 heteroatoms. The third-order valence-electron chi connectivity index (χ3n) is 2.86. The highest BCUT2D eigenvalue weighted by Gasteiger charge is 2.13. The average molecular weight is 333 g/mol. The molecule has 0 aliphatic carbocycles. The number of ether oxygens (including phenoxy) is 3. The van der Waals surface area contributed by atoms with E-state index in [4.69, 9.17) is 14.2 Å². The number of aromatic nitrogens is 1. The van der Waals surface area contributed by atoms with Gasteiger partial charge in [-0.05, 0) is 12.1 Å². The van der Waals surface area contributed by atoms with E-state index in [1.807, 2.05) is 0 Å². The summed E-state index contributed by atoms with van der Waals surface area (Å²) in [6.45, 7) is -0.0943. The molecule has 0 aliphatic rings. The number of anilines is 1. The second-order valence-electron chi connectivity index (χ2n) is 4.55. The lowest BCUT2D eigenvalue weighted by atomic mass is 10.3. The number of carbonyl (C=O) groups excluding carboxylic acids is 1. The van der Waals surface area contributed by atoms with Crippen LogP contribution in [-0.4, -0.2) is 36.6 Å². The van der Waals surface area contributed by atoms with Gasteiger partial charge in [0.25, 0.3) is 11.6 Å². The molecule has 0 fully saturated rings. The fourth-order valence-corrected chi connectivity index (χ4v) is 1.83. The molecule has 2 rings (SSSR count). The van der Waals surface area contributed by atoms with Crippen molar-refractivity contribution in [2.24, 2.45) is 0 Å². The van der Waals surface area contributed by atoms with Gasteiger partial charge < -0.3 is 19.5 Å². The molecular weight excluding hydrogens is 318 g/mol. The van der Waals surface area contributed by atoms with E-state index in [0.29, 0.717) is 11.5 Å². The maximum atomic E-state index is 11.5. The van der Waals surface area contributed by atoms with E-state index >= 15 is 0 Å². The van der Waals surface area contributed by atoms with Crippen LogP contribution in [0.25, 0.3) is 0 Å². The molecule has 0 unspecified atom stereocenters. The van der Waals surface area contributed by atoms with Gasteiger partial charge in [-0.15, -0.1) is 0 Å². The van der Waals surface area contributed by atoms with Gasteiger partial charge in [-0.3, -0.25) is 14.9 Å². The number of rotatable bonds is 7. The molecule has 1 heterocycles. The van der Waals surface area contributed by atoms with Gasteiger partial charge in [-0.2, -0.15) is 0 Å². The molecule has 126 valence electrons. The molecule has 0 bridgehead atoms. The minimum Gasteiger partial charge on any atom is -0.493 e. The Hall–Kier alpha value is -3.20. The van der Waals surface area contributed by atoms with E-state index in [1.54, 1.807) is 6.07 Å². The number of benzene rings is 1. The number of nitrogens with one attached hydrogen (secondary N) is 1. The quantitative estimate of drug-likeness (QED) is 0.611. The minimum absolute atomic E-state index is 0.0943. The zero-order valence-corrected chi connectivity index (χ0v) is 13.0. The van der Waals surface area contributed by atoms with Gasteiger partial charge in [0.2, 0.25) is 0 Å². The van der Waals surface area contributed by atoms with E-state index in [-0.39, 0.29) is 29.8 Å². The molecule has 0 spiro atoms. The maximum Gasteiger partial charge on any atom is 0.273 e. The molecule has 0 saturated heterocycles. The Labute approximate surface area is 137 Å². The van der Waals surface area contributed by atoms with Gasteiger partial charge in [0.1, 0.15) is 18.2 Å². The lowest BCUT2D eigenvalue weighted by molar-refractivity contribution is -0.384. The molecule has 2 aromatic rings. The molecule has 24 heavy (non-hydrogen) atoms. The van der Waals surface area contributed by atoms with Gasteiger partial charge in [-0.1, -0.05) is 0 Å². The molecule has 1 amide bonds. The normalized spacial score (nSPS) is 10.1. The minimum atomic E-state index is -0.526. The van der Waals surface area contributed by atoms with Crippen LogP contribution in [0.1, 0.15) is 0 Å². The predicted molar refractivity (Wildman–Crippen MR) is 84.5 cm³/mol. The van der Waals surface area contributed by atoms with Crippen molar-refractivity contribution >= 4 is 17.4 Å². The number of hydrogen-bond donors (Lipinski definition) is 1. The third kappa shape index (κ3) is 4.40. The van der Waals surface area contributed by atoms with Gasteiger partial charge in [0.15, 0.2) is 11.5 Å². The smallest absolute Gasteiger partial charge is 0.273 e. The summed E-state index contributed by atoms with van der Waals surface area (Å²) in [7, 11) is 2.79. The van der Waals surface area contributed by atoms with Gasteiger partial charge in [0, 0.05) is 25.4 Å². The zero-order valence-electron chi connectivity index (χ0n) is 13.0. The van der Waals surface area contributed by atoms with Crippen molar-refractivity contribution in [2.75, 3.05) is 26.1 Å². The zero-order chi connectivity index (χ0) is 17.5. The van der Waals surface area contributed by atoms with Crippen LogP contribution in [0.15, 0.2) is 36.5 Å². The first-order valence-electron chi connectivity index (χ1n) is 6.78. The fourth-order valence-electron chi connectivity index (χ4n) is 1.83. The monoisotopic (exact) mass is 333 g/mol. The largest absolute Gasteiger partial charge is 0.493 e. The number of nitro benzene ring substituents is 1. The summed E-state index contributed by atoms with van der Waals surface area (Å²) in [6.07, 6.45) is 1.45. The number of hydrogen-bond acceptors (Lipinski definition) is 7. The van der Waals surface area contributed by atoms with Crippen LogP contribution in [0.2, 0.25) is 0 Å². The number of non-ortho nitro benzene ring substituents is 1. The molecule has 0 aliphatic heterocycles. The summed E-state index contributed by atoms with van der Waals surface area (Å²) in [5.41, 5.74) is -0.110. The Bertz CT molecular complexity index is 750. The summed E-state index contributed by atoms with van der Waals surface area (Å²) in [5, 5.41) is 13.3. The van der Waals surface area contributed by atoms with Crippen LogP contribution >= 0.6 is 0 Å². The maximum absolute atomic E-state index is 11.5. The van der Waals surface area contributed by atoms with E-state index in [1.165, 1.54) is 44.7 Å². The first kappa shape index (κ1) is 17.2. The molecule has 0 saturated carbocycles. The van der Waals surface area contributed by atoms with E-state index in [0.717, 1.165) is 0 Å². The van der Waals surface area contributed by atoms with Crippen molar-refractivity contribution in [2.45, 2.75) is 0 Å². The molecule has 9 nitrogen and oxygen atoms in total. The fraction of sp³-hybridized carbons (Fsp3) is 0.200. The number of methoxy groups -OCH3 is 2. The molecule has 0 radical (unpaired) electrons. The molecule has 0 atom stereocenters. The Morgan fingerprint density at radius 3 is 2.71 bits per heavy atom. The van der Waals surface area contributed by atoms with Crippen LogP contribution < -0.4 is 14.8 Å². The standard InChI is InChI=1S/C15H15N3O6/c1-22-9-15(19)17-14-8-11(5-6-16-14)24-12-4-3-10(18(20)21)7-13(12)23-2/h3-8H,9H2,1-2H3,(H,16,17,19). The molecule has 1 aromatic carbocycles. The van der Waals surface area contributed by atoms with Crippen LogP contribution in [0, 0.1) is 10.1 Å². The highest BCUT2D eigenvalue weighted by Crippen LogP contribution is 2.34. The third-order valence-corrected chi connectivity index (χ3v) is 2.86. The van der Waals surface area contributed by atoms with E-state index in [9.17, 15) is 14.9 Å². The number of nitrogens with zero attached hydrogens (tertiary/aromatic N) is 2. The van der Waals surface area contributed by atoms with E-state index in [2.05, 4.69) is 10.3 Å². The first-order chi connectivity index (χ1) is 11.5. The average Bonchev–Trinajstić information content (AvgIpc) is 2.55. The highest BCUT2D eigenvalue weighted by atomic mass is 16.6. The van der Waals surface area contributed by atoms with Crippen LogP contribution in [-0.2, 0) is 9.53 Å². The second-order valence-corrected chi connectivity index (χ2v) is 4.55. The van der Waals surface area contributed by atoms with Crippen LogP contribution in [0.4, 0.5) is 11.5 Å². The number of pyridine rings is 1. The number of amides is 1. The van der Waals surface area contributed by atoms with Crippen molar-refractivity contribution in [1.82, 2.24) is 4.98 Å². The Morgan fingerprint density at radius 2 is 2.04 bits per heavy atom. The first-order valence-corrected chi connectivity index (χ1v) is 6.78. The van der Waals surface area contributed by atoms with Crippen molar-refractivity contribution in [3.8, 4) is 17.2 Å². The molecular formula is C15H15N3O6. The van der Waals surface area contributed by atoms with Gasteiger partial charge >= 0.3 is 0 Å². The van der Waals surface area contributed by atoms with Crippen molar-refractivity contribution in [3.05, 3.63) is 46.6 Å². The van der Waals surface area contributed by atoms with Crippen molar-refractivity contribution in [1.29, 1.82) is 0 Å². The Balaban J connectivity index is 2.19. The summed E-state index contributed by atoms with van der Waals surface area (Å²) in [6, 6.07) is 7.08. The van der Waals surface area contributed by atoms with Crippen molar-refractivity contribution in [3.63, 3.8) is 0 Å². The summed E-state index contributed by atoms with van der Waals surface area (Å²) >= 11 is 0. The highest BCUT2D eigenvalue weighted by molar-refractivity contribution is 5.90. The lowest BCUT2D eigenvalue weighted by Crippen LogP contribution is -2.17. The van der Waals surface area contributed by atoms with Crippen LogP contribution in [0.5, 0.6) is 17.2 Å². The SMILES string of the molecule is COCC(=O)Nc1cc(Oc2ccc([N+](=O)[O-])cc2OC)ccn1. The van der Waals surface area contributed by atoms with Crippen LogP contribution in [0.3, 0.4) is 0 Å². The number of nitro groups is 1. The van der Waals surface area contributed by atoms with Gasteiger partial charge in [0.05, 0.1) is 18.1 Å². The Kier molecular flexibility index (Phi) is 5.63. The topological polar surface area (TPSA) is 113 Å². The predicted octanol–water partition coefficient (Wildman–Crippen LogP) is 2.38. The second kappa shape index (κ2) is 7.88. The Morgan fingerprint density at radius 1 is 1.25 bits per heavy atom. The number of carbonyl (C=O) groups is 1. The van der Waals surface area contributed by atoms with Gasteiger partial charge in [-0.25, -0.2) is 4.98 Å². The summed E-state index contributed by atoms with van der Waals surface area (Å²) in [5.74, 6) is 0.824. The summed E-state index contributed by atoms with van der Waals surface area (Å²) in [4.78, 5) is 25.7. The lowest BCUT2D eigenvalue weighted by Gasteiger charge is -2.11. The molecule has 1 N–H and O–H groups in total. The molecule has 1 aromatic heterocycles.